The fourth-order valence-corrected chi connectivity index (χ4v) is 3.64. The van der Waals surface area contributed by atoms with Gasteiger partial charge in [-0.25, -0.2) is 9.59 Å². The van der Waals surface area contributed by atoms with E-state index in [2.05, 4.69) is 6.92 Å². The fraction of sp³-hybridized carbons (Fsp3) is 0.267. The van der Waals surface area contributed by atoms with Gasteiger partial charge in [-0.1, -0.05) is 50.5 Å². The minimum absolute atomic E-state index is 0.0703. The molecule has 3 aromatic rings. The standard InChI is InChI=1S/C30H34N2O5/c1-2-3-4-5-6-22-9-14-28(15-10-22)37-29(33)16-11-23-7-12-27(13-8-23)35-17-18-36-30(34)24-19-25(31)21-26(32)20-24/h7-16,19-21H,2-6,17-18,31-32H2,1H3/b16-11+. The van der Waals surface area contributed by atoms with E-state index in [1.54, 1.807) is 24.3 Å². The van der Waals surface area contributed by atoms with Gasteiger partial charge < -0.3 is 25.7 Å². The number of anilines is 2. The van der Waals surface area contributed by atoms with Gasteiger partial charge in [-0.15, -0.1) is 0 Å². The summed E-state index contributed by atoms with van der Waals surface area (Å²) in [5, 5.41) is 0. The first-order valence-corrected chi connectivity index (χ1v) is 12.5. The monoisotopic (exact) mass is 502 g/mol. The van der Waals surface area contributed by atoms with E-state index in [-0.39, 0.29) is 13.2 Å². The third kappa shape index (κ3) is 9.72. The summed E-state index contributed by atoms with van der Waals surface area (Å²) in [6.45, 7) is 2.46. The lowest BCUT2D eigenvalue weighted by Gasteiger charge is -2.08. The summed E-state index contributed by atoms with van der Waals surface area (Å²) in [5.74, 6) is 0.169. The lowest BCUT2D eigenvalue weighted by Crippen LogP contribution is -2.13. The number of esters is 2. The number of ether oxygens (including phenoxy) is 3. The van der Waals surface area contributed by atoms with Crippen LogP contribution in [0.25, 0.3) is 6.08 Å². The molecule has 3 aromatic carbocycles. The Balaban J connectivity index is 1.38. The molecule has 0 unspecified atom stereocenters. The summed E-state index contributed by atoms with van der Waals surface area (Å²) in [4.78, 5) is 24.2. The summed E-state index contributed by atoms with van der Waals surface area (Å²) < 4.78 is 16.2. The molecule has 0 amide bonds. The molecule has 194 valence electrons. The van der Waals surface area contributed by atoms with Gasteiger partial charge in [0.05, 0.1) is 5.56 Å². The van der Waals surface area contributed by atoms with Gasteiger partial charge in [0.2, 0.25) is 0 Å². The topological polar surface area (TPSA) is 114 Å². The van der Waals surface area contributed by atoms with Crippen molar-refractivity contribution in [3.05, 3.63) is 89.5 Å². The van der Waals surface area contributed by atoms with Crippen LogP contribution in [0.15, 0.2) is 72.8 Å². The molecule has 0 aliphatic carbocycles. The lowest BCUT2D eigenvalue weighted by molar-refractivity contribution is -0.128. The van der Waals surface area contributed by atoms with Crippen molar-refractivity contribution in [2.24, 2.45) is 0 Å². The van der Waals surface area contributed by atoms with Gasteiger partial charge in [0.25, 0.3) is 0 Å². The van der Waals surface area contributed by atoms with Crippen molar-refractivity contribution >= 4 is 29.4 Å². The highest BCUT2D eigenvalue weighted by Gasteiger charge is 2.09. The van der Waals surface area contributed by atoms with Gasteiger partial charge >= 0.3 is 11.9 Å². The molecule has 0 bridgehead atoms. The van der Waals surface area contributed by atoms with E-state index < -0.39 is 11.9 Å². The Morgan fingerprint density at radius 2 is 1.49 bits per heavy atom. The first kappa shape index (κ1) is 27.3. The number of carbonyl (C=O) groups is 2. The first-order valence-electron chi connectivity index (χ1n) is 12.5. The molecule has 0 radical (unpaired) electrons. The van der Waals surface area contributed by atoms with Crippen LogP contribution in [-0.2, 0) is 16.0 Å². The molecule has 3 rings (SSSR count). The Bertz CT molecular complexity index is 1170. The average Bonchev–Trinajstić information content (AvgIpc) is 2.89. The SMILES string of the molecule is CCCCCCc1ccc(OC(=O)/C=C/c2ccc(OCCOC(=O)c3cc(N)cc(N)c3)cc2)cc1. The molecular formula is C30H34N2O5. The maximum Gasteiger partial charge on any atom is 0.338 e. The van der Waals surface area contributed by atoms with Gasteiger partial charge in [0, 0.05) is 17.5 Å². The lowest BCUT2D eigenvalue weighted by atomic mass is 10.1. The Morgan fingerprint density at radius 1 is 0.811 bits per heavy atom. The molecule has 0 aromatic heterocycles. The zero-order valence-electron chi connectivity index (χ0n) is 21.2. The molecule has 37 heavy (non-hydrogen) atoms. The third-order valence-electron chi connectivity index (χ3n) is 5.55. The van der Waals surface area contributed by atoms with E-state index in [9.17, 15) is 9.59 Å². The molecule has 4 N–H and O–H groups in total. The largest absolute Gasteiger partial charge is 0.490 e. The number of carbonyl (C=O) groups excluding carboxylic acids is 2. The molecule has 0 spiro atoms. The molecule has 0 fully saturated rings. The third-order valence-corrected chi connectivity index (χ3v) is 5.55. The molecule has 0 aliphatic rings. The van der Waals surface area contributed by atoms with Crippen LogP contribution < -0.4 is 20.9 Å². The Labute approximate surface area is 218 Å². The van der Waals surface area contributed by atoms with Gasteiger partial charge in [0.15, 0.2) is 0 Å². The van der Waals surface area contributed by atoms with E-state index in [0.29, 0.717) is 28.4 Å². The normalized spacial score (nSPS) is 10.8. The average molecular weight is 503 g/mol. The van der Waals surface area contributed by atoms with Crippen molar-refractivity contribution in [1.29, 1.82) is 0 Å². The van der Waals surface area contributed by atoms with Crippen molar-refractivity contribution in [2.75, 3.05) is 24.7 Å². The quantitative estimate of drug-likeness (QED) is 0.0994. The maximum atomic E-state index is 12.2. The zero-order chi connectivity index (χ0) is 26.5. The molecule has 7 heteroatoms. The van der Waals surface area contributed by atoms with E-state index in [0.717, 1.165) is 12.0 Å². The number of hydrogen-bond acceptors (Lipinski definition) is 7. The van der Waals surface area contributed by atoms with Crippen LogP contribution in [0.2, 0.25) is 0 Å². The van der Waals surface area contributed by atoms with Gasteiger partial charge in [-0.3, -0.25) is 0 Å². The first-order chi connectivity index (χ1) is 17.9. The Kier molecular flexibility index (Phi) is 10.6. The Hall–Kier alpha value is -4.26. The predicted octanol–water partition coefficient (Wildman–Crippen LogP) is 5.83. The molecule has 0 saturated heterocycles. The summed E-state index contributed by atoms with van der Waals surface area (Å²) in [6, 6.07) is 19.4. The number of aryl methyl sites for hydroxylation is 1. The molecule has 0 atom stereocenters. The van der Waals surface area contributed by atoms with Crippen LogP contribution >= 0.6 is 0 Å². The molecule has 0 saturated carbocycles. The van der Waals surface area contributed by atoms with Crippen LogP contribution in [0.3, 0.4) is 0 Å². The highest BCUT2D eigenvalue weighted by atomic mass is 16.6. The van der Waals surface area contributed by atoms with Crippen LogP contribution in [0.5, 0.6) is 11.5 Å². The molecular weight excluding hydrogens is 468 g/mol. The van der Waals surface area contributed by atoms with Crippen molar-refractivity contribution in [2.45, 2.75) is 39.0 Å². The number of nitrogens with two attached hydrogens (primary N) is 2. The number of rotatable bonds is 13. The van der Waals surface area contributed by atoms with Gasteiger partial charge in [-0.05, 0) is 72.5 Å². The predicted molar refractivity (Wildman–Crippen MR) is 146 cm³/mol. The second kappa shape index (κ2) is 14.3. The van der Waals surface area contributed by atoms with Gasteiger partial charge in [-0.2, -0.15) is 0 Å². The van der Waals surface area contributed by atoms with E-state index in [1.165, 1.54) is 49.5 Å². The molecule has 0 heterocycles. The minimum Gasteiger partial charge on any atom is -0.490 e. The highest BCUT2D eigenvalue weighted by molar-refractivity contribution is 5.91. The minimum atomic E-state index is -0.520. The summed E-state index contributed by atoms with van der Waals surface area (Å²) in [7, 11) is 0. The number of unbranched alkanes of at least 4 members (excludes halogenated alkanes) is 3. The van der Waals surface area contributed by atoms with Crippen LogP contribution in [-0.4, -0.2) is 25.2 Å². The van der Waals surface area contributed by atoms with Crippen molar-refractivity contribution in [1.82, 2.24) is 0 Å². The van der Waals surface area contributed by atoms with E-state index >= 15 is 0 Å². The summed E-state index contributed by atoms with van der Waals surface area (Å²) in [5.41, 5.74) is 14.5. The van der Waals surface area contributed by atoms with Crippen molar-refractivity contribution in [3.63, 3.8) is 0 Å². The smallest absolute Gasteiger partial charge is 0.338 e. The number of nitrogen functional groups attached to an aromatic ring is 2. The second-order valence-electron chi connectivity index (χ2n) is 8.65. The van der Waals surface area contributed by atoms with Crippen molar-refractivity contribution in [3.8, 4) is 11.5 Å². The van der Waals surface area contributed by atoms with E-state index in [1.807, 2.05) is 36.4 Å². The van der Waals surface area contributed by atoms with Crippen LogP contribution in [0, 0.1) is 0 Å². The fourth-order valence-electron chi connectivity index (χ4n) is 3.64. The highest BCUT2D eigenvalue weighted by Crippen LogP contribution is 2.17. The second-order valence-corrected chi connectivity index (χ2v) is 8.65. The maximum absolute atomic E-state index is 12.2. The summed E-state index contributed by atoms with van der Waals surface area (Å²) in [6.07, 6.45) is 9.00. The molecule has 7 nitrogen and oxygen atoms in total. The zero-order valence-corrected chi connectivity index (χ0v) is 21.2. The number of benzene rings is 3. The van der Waals surface area contributed by atoms with Crippen LogP contribution in [0.1, 0.15) is 54.1 Å². The van der Waals surface area contributed by atoms with Crippen LogP contribution in [0.4, 0.5) is 11.4 Å². The van der Waals surface area contributed by atoms with Gasteiger partial charge in [0.1, 0.15) is 24.7 Å². The number of hydrogen-bond donors (Lipinski definition) is 2. The Morgan fingerprint density at radius 3 is 2.16 bits per heavy atom. The molecule has 0 aliphatic heterocycles. The van der Waals surface area contributed by atoms with Crippen molar-refractivity contribution < 1.29 is 23.8 Å². The van der Waals surface area contributed by atoms with E-state index in [4.69, 9.17) is 25.7 Å². The summed E-state index contributed by atoms with van der Waals surface area (Å²) >= 11 is 0.